The number of carbonyl (C=O) groups is 1. The van der Waals surface area contributed by atoms with Crippen LogP contribution in [-0.2, 0) is 4.74 Å². The third-order valence-corrected chi connectivity index (χ3v) is 7.61. The van der Waals surface area contributed by atoms with Crippen molar-refractivity contribution in [3.8, 4) is 34.5 Å². The van der Waals surface area contributed by atoms with Gasteiger partial charge in [0.25, 0.3) is 5.56 Å². The Labute approximate surface area is 261 Å². The van der Waals surface area contributed by atoms with E-state index in [4.69, 9.17) is 9.47 Å². The van der Waals surface area contributed by atoms with Gasteiger partial charge in [0, 0.05) is 36.6 Å². The maximum Gasteiger partial charge on any atom is 0.410 e. The van der Waals surface area contributed by atoms with Crippen LogP contribution in [0, 0.1) is 23.1 Å². The summed E-state index contributed by atoms with van der Waals surface area (Å²) in [6.07, 6.45) is 7.64. The summed E-state index contributed by atoms with van der Waals surface area (Å²) >= 11 is 0. The van der Waals surface area contributed by atoms with Crippen molar-refractivity contribution in [2.45, 2.75) is 52.2 Å². The fraction of sp³-hybridized carbons (Fsp3) is 0.353. The zero-order valence-electron chi connectivity index (χ0n) is 25.7. The molecule has 1 aliphatic rings. The molecule has 4 aromatic rings. The van der Waals surface area contributed by atoms with Crippen LogP contribution in [0.25, 0.3) is 22.6 Å². The van der Waals surface area contributed by atoms with E-state index in [2.05, 4.69) is 15.0 Å². The van der Waals surface area contributed by atoms with E-state index in [-0.39, 0.29) is 6.09 Å². The van der Waals surface area contributed by atoms with Gasteiger partial charge in [-0.15, -0.1) is 0 Å². The number of halogens is 1. The molecular formula is C34H35FN6O4. The van der Waals surface area contributed by atoms with Gasteiger partial charge in [0.1, 0.15) is 5.60 Å². The monoisotopic (exact) mass is 610 g/mol. The van der Waals surface area contributed by atoms with Gasteiger partial charge >= 0.3 is 6.09 Å². The first-order valence-electron chi connectivity index (χ1n) is 14.8. The quantitative estimate of drug-likeness (QED) is 0.249. The fourth-order valence-corrected chi connectivity index (χ4v) is 5.11. The molecule has 1 aliphatic heterocycles. The number of ether oxygens (including phenoxy) is 2. The second-order valence-corrected chi connectivity index (χ2v) is 12.1. The van der Waals surface area contributed by atoms with Crippen LogP contribution < -0.4 is 10.3 Å². The van der Waals surface area contributed by atoms with Crippen molar-refractivity contribution in [2.24, 2.45) is 5.92 Å². The fourth-order valence-electron chi connectivity index (χ4n) is 5.11. The maximum atomic E-state index is 14.8. The number of pyridine rings is 2. The first-order valence-corrected chi connectivity index (χ1v) is 14.8. The molecule has 0 aliphatic carbocycles. The molecule has 1 aromatic carbocycles. The van der Waals surface area contributed by atoms with E-state index < -0.39 is 23.0 Å². The number of carbonyl (C=O) groups excluding carboxylic acids is 1. The van der Waals surface area contributed by atoms with Crippen LogP contribution in [0.5, 0.6) is 5.75 Å². The van der Waals surface area contributed by atoms with E-state index in [9.17, 15) is 19.2 Å². The lowest BCUT2D eigenvalue weighted by Gasteiger charge is -2.33. The van der Waals surface area contributed by atoms with Crippen LogP contribution in [0.1, 0.15) is 57.7 Å². The molecule has 0 N–H and O–H groups in total. The van der Waals surface area contributed by atoms with Crippen LogP contribution in [-0.4, -0.2) is 55.8 Å². The minimum absolute atomic E-state index is 0.281. The first-order chi connectivity index (χ1) is 21.5. The smallest absolute Gasteiger partial charge is 0.410 e. The minimum atomic E-state index is -0.910. The Morgan fingerprint density at radius 1 is 1.09 bits per heavy atom. The zero-order chi connectivity index (χ0) is 32.1. The molecule has 0 spiro atoms. The molecule has 1 amide bonds. The predicted octanol–water partition coefficient (Wildman–Crippen LogP) is 6.01. The van der Waals surface area contributed by atoms with Gasteiger partial charge < -0.3 is 18.9 Å². The van der Waals surface area contributed by atoms with E-state index >= 15 is 0 Å². The number of piperidine rings is 1. The third kappa shape index (κ3) is 7.70. The number of hydrogen-bond donors (Lipinski definition) is 0. The van der Waals surface area contributed by atoms with Gasteiger partial charge in [0.05, 0.1) is 42.4 Å². The summed E-state index contributed by atoms with van der Waals surface area (Å²) in [5.41, 5.74) is 1.38. The minimum Gasteiger partial charge on any atom is -0.490 e. The van der Waals surface area contributed by atoms with Crippen molar-refractivity contribution in [3.05, 3.63) is 94.5 Å². The van der Waals surface area contributed by atoms with Gasteiger partial charge in [-0.2, -0.15) is 5.26 Å². The molecular weight excluding hydrogens is 575 g/mol. The molecule has 10 nitrogen and oxygen atoms in total. The van der Waals surface area contributed by atoms with E-state index in [1.807, 2.05) is 51.1 Å². The summed E-state index contributed by atoms with van der Waals surface area (Å²) in [5.74, 6) is 0.421. The van der Waals surface area contributed by atoms with Gasteiger partial charge in [-0.05, 0) is 76.3 Å². The molecule has 4 heterocycles. The van der Waals surface area contributed by atoms with Crippen LogP contribution in [0.15, 0.2) is 72.0 Å². The summed E-state index contributed by atoms with van der Waals surface area (Å²) in [7, 11) is 0. The predicted molar refractivity (Wildman–Crippen MR) is 166 cm³/mol. The highest BCUT2D eigenvalue weighted by molar-refractivity contribution is 5.68. The van der Waals surface area contributed by atoms with E-state index in [1.54, 1.807) is 42.5 Å². The molecule has 3 aromatic heterocycles. The molecule has 0 radical (unpaired) electrons. The average molecular weight is 611 g/mol. The molecule has 5 rings (SSSR count). The number of likely N-dealkylation sites (tertiary alicyclic amines) is 1. The lowest BCUT2D eigenvalue weighted by molar-refractivity contribution is 0.0165. The molecule has 0 bridgehead atoms. The number of aromatic nitrogens is 4. The molecule has 45 heavy (non-hydrogen) atoms. The number of nitriles is 1. The molecule has 1 atom stereocenters. The summed E-state index contributed by atoms with van der Waals surface area (Å²) < 4.78 is 27.5. The topological polar surface area (TPSA) is 123 Å². The Morgan fingerprint density at radius 3 is 2.51 bits per heavy atom. The Hall–Kier alpha value is -5.11. The van der Waals surface area contributed by atoms with Gasteiger partial charge in [0.15, 0.2) is 17.4 Å². The summed E-state index contributed by atoms with van der Waals surface area (Å²) in [6, 6.07) is 13.2. The second kappa shape index (κ2) is 13.3. The van der Waals surface area contributed by atoms with Gasteiger partial charge in [0.2, 0.25) is 0 Å². The summed E-state index contributed by atoms with van der Waals surface area (Å²) in [6.45, 7) is 9.14. The van der Waals surface area contributed by atoms with Crippen molar-refractivity contribution in [1.29, 1.82) is 5.26 Å². The number of benzene rings is 1. The lowest BCUT2D eigenvalue weighted by Crippen LogP contribution is -2.42. The van der Waals surface area contributed by atoms with Crippen LogP contribution in [0.2, 0.25) is 0 Å². The highest BCUT2D eigenvalue weighted by atomic mass is 19.1. The van der Waals surface area contributed by atoms with Gasteiger partial charge in [-0.25, -0.2) is 19.2 Å². The van der Waals surface area contributed by atoms with Crippen molar-refractivity contribution >= 4 is 6.09 Å². The maximum absolute atomic E-state index is 14.8. The normalized spacial score (nSPS) is 14.4. The molecule has 1 fully saturated rings. The Balaban J connectivity index is 1.24. The van der Waals surface area contributed by atoms with E-state index in [0.29, 0.717) is 54.0 Å². The van der Waals surface area contributed by atoms with Gasteiger partial charge in [-0.3, -0.25) is 9.78 Å². The highest BCUT2D eigenvalue weighted by Gasteiger charge is 2.27. The molecule has 232 valence electrons. The van der Waals surface area contributed by atoms with Crippen LogP contribution >= 0.6 is 0 Å². The molecule has 0 unspecified atom stereocenters. The van der Waals surface area contributed by atoms with Crippen LogP contribution in [0.3, 0.4) is 0 Å². The van der Waals surface area contributed by atoms with E-state index in [0.717, 1.165) is 30.0 Å². The highest BCUT2D eigenvalue weighted by Crippen LogP contribution is 2.26. The zero-order valence-corrected chi connectivity index (χ0v) is 25.7. The standard InChI is InChI=1S/C34H35FN6O4/c1-22(41-20-27(16-29(35)32(41)42)30-14-24(17-36)8-11-37-30)25-6-5-7-26(15-25)31-38-18-28(19-39-31)44-21-23-9-12-40(13-10-23)33(43)45-34(2,3)4/h5-8,11,14-16,18-20,22-23H,9-10,12-13,21H2,1-4H3/t22-/m1/s1. The van der Waals surface area contributed by atoms with Crippen molar-refractivity contribution in [1.82, 2.24) is 24.4 Å². The number of hydrogen-bond acceptors (Lipinski definition) is 8. The van der Waals surface area contributed by atoms with Crippen molar-refractivity contribution in [3.63, 3.8) is 0 Å². The second-order valence-electron chi connectivity index (χ2n) is 12.1. The number of nitrogens with zero attached hydrogens (tertiary/aromatic N) is 6. The molecule has 0 saturated carbocycles. The average Bonchev–Trinajstić information content (AvgIpc) is 3.04. The molecule has 11 heteroatoms. The van der Waals surface area contributed by atoms with E-state index in [1.165, 1.54) is 10.8 Å². The summed E-state index contributed by atoms with van der Waals surface area (Å²) in [5, 5.41) is 9.23. The van der Waals surface area contributed by atoms with Crippen LogP contribution in [0.4, 0.5) is 9.18 Å². The molecule has 1 saturated heterocycles. The number of amides is 1. The number of rotatable bonds is 7. The van der Waals surface area contributed by atoms with Gasteiger partial charge in [-0.1, -0.05) is 18.2 Å². The third-order valence-electron chi connectivity index (χ3n) is 7.61. The lowest BCUT2D eigenvalue weighted by atomic mass is 9.98. The van der Waals surface area contributed by atoms with Crippen molar-refractivity contribution in [2.75, 3.05) is 19.7 Å². The van der Waals surface area contributed by atoms with Crippen molar-refractivity contribution < 1.29 is 18.7 Å². The summed E-state index contributed by atoms with van der Waals surface area (Å²) in [4.78, 5) is 40.1. The Morgan fingerprint density at radius 2 is 1.82 bits per heavy atom. The first kappa shape index (κ1) is 31.3. The largest absolute Gasteiger partial charge is 0.490 e. The SMILES string of the molecule is C[C@H](c1cccc(-c2ncc(OCC3CCN(C(=O)OC(C)(C)C)CC3)cn2)c1)n1cc(-c2cc(C#N)ccn2)cc(F)c1=O. The Bertz CT molecular complexity index is 1770. The Kier molecular flexibility index (Phi) is 9.23.